The minimum Gasteiger partial charge on any atom is -0.356 e. The van der Waals surface area contributed by atoms with Crippen molar-refractivity contribution in [3.05, 3.63) is 89.6 Å². The minimum absolute atomic E-state index is 0.0571. The van der Waals surface area contributed by atoms with Crippen molar-refractivity contribution in [2.75, 3.05) is 18.0 Å². The maximum atomic E-state index is 14.3. The Morgan fingerprint density at radius 3 is 2.67 bits per heavy atom. The predicted octanol–water partition coefficient (Wildman–Crippen LogP) is 5.17. The number of aromatic nitrogens is 4. The SMILES string of the molecule is Fc1ccc(F)c(-c2nc(C(Cc3cccnc3N3CCCCC3)c3cccnc3)no2)c1. The summed E-state index contributed by atoms with van der Waals surface area (Å²) in [5.74, 6) is -0.194. The topological polar surface area (TPSA) is 67.9 Å². The summed E-state index contributed by atoms with van der Waals surface area (Å²) in [7, 11) is 0. The van der Waals surface area contributed by atoms with E-state index < -0.39 is 11.6 Å². The second-order valence-electron chi connectivity index (χ2n) is 8.16. The second kappa shape index (κ2) is 9.44. The van der Waals surface area contributed by atoms with Crippen molar-refractivity contribution in [3.63, 3.8) is 0 Å². The van der Waals surface area contributed by atoms with Crippen LogP contribution in [0.3, 0.4) is 0 Å². The molecule has 168 valence electrons. The molecule has 0 bridgehead atoms. The summed E-state index contributed by atoms with van der Waals surface area (Å²) in [4.78, 5) is 15.7. The van der Waals surface area contributed by atoms with Crippen molar-refractivity contribution in [2.45, 2.75) is 31.6 Å². The molecule has 3 aromatic heterocycles. The number of pyridine rings is 2. The van der Waals surface area contributed by atoms with Crippen molar-refractivity contribution in [1.29, 1.82) is 0 Å². The van der Waals surface area contributed by atoms with E-state index in [1.54, 1.807) is 12.4 Å². The van der Waals surface area contributed by atoms with Crippen LogP contribution >= 0.6 is 0 Å². The molecule has 4 heterocycles. The van der Waals surface area contributed by atoms with E-state index in [0.717, 1.165) is 61.1 Å². The van der Waals surface area contributed by atoms with Gasteiger partial charge in [-0.3, -0.25) is 4.98 Å². The standard InChI is InChI=1S/C25H23F2N5O/c26-19-8-9-22(27)21(15-19)25-30-23(31-33-25)20(18-7-4-10-28-16-18)14-17-6-5-11-29-24(17)32-12-2-1-3-13-32/h4-11,15-16,20H,1-3,12-14H2. The Hall–Kier alpha value is -3.68. The van der Waals surface area contributed by atoms with Crippen LogP contribution in [0.1, 0.15) is 42.1 Å². The summed E-state index contributed by atoms with van der Waals surface area (Å²) in [5.41, 5.74) is 1.91. The van der Waals surface area contributed by atoms with Crippen molar-refractivity contribution in [2.24, 2.45) is 0 Å². The number of hydrogen-bond acceptors (Lipinski definition) is 6. The number of benzene rings is 1. The molecule has 6 nitrogen and oxygen atoms in total. The maximum Gasteiger partial charge on any atom is 0.261 e. The molecule has 1 saturated heterocycles. The third-order valence-electron chi connectivity index (χ3n) is 5.95. The van der Waals surface area contributed by atoms with E-state index in [9.17, 15) is 8.78 Å². The molecule has 1 aromatic carbocycles. The predicted molar refractivity (Wildman–Crippen MR) is 120 cm³/mol. The van der Waals surface area contributed by atoms with E-state index in [2.05, 4.69) is 31.1 Å². The van der Waals surface area contributed by atoms with Crippen LogP contribution in [0.5, 0.6) is 0 Å². The van der Waals surface area contributed by atoms with Gasteiger partial charge in [-0.1, -0.05) is 17.3 Å². The number of rotatable bonds is 6. The van der Waals surface area contributed by atoms with Gasteiger partial charge >= 0.3 is 0 Å². The fourth-order valence-corrected chi connectivity index (χ4v) is 4.29. The van der Waals surface area contributed by atoms with Gasteiger partial charge in [-0.05, 0) is 67.1 Å². The summed E-state index contributed by atoms with van der Waals surface area (Å²) in [6, 6.07) is 11.0. The summed E-state index contributed by atoms with van der Waals surface area (Å²) in [6.45, 7) is 1.96. The molecule has 8 heteroatoms. The van der Waals surface area contributed by atoms with Crippen LogP contribution < -0.4 is 4.90 Å². The van der Waals surface area contributed by atoms with E-state index in [0.29, 0.717) is 12.2 Å². The van der Waals surface area contributed by atoms with Gasteiger partial charge in [0.05, 0.1) is 11.5 Å². The monoisotopic (exact) mass is 447 g/mol. The van der Waals surface area contributed by atoms with Crippen LogP contribution in [0.2, 0.25) is 0 Å². The lowest BCUT2D eigenvalue weighted by Gasteiger charge is -2.30. The molecule has 1 aliphatic heterocycles. The molecule has 5 rings (SSSR count). The molecule has 0 saturated carbocycles. The van der Waals surface area contributed by atoms with Gasteiger partial charge in [-0.25, -0.2) is 13.8 Å². The highest BCUT2D eigenvalue weighted by Gasteiger charge is 2.25. The average molecular weight is 447 g/mol. The van der Waals surface area contributed by atoms with Crippen molar-refractivity contribution in [3.8, 4) is 11.5 Å². The van der Waals surface area contributed by atoms with Crippen molar-refractivity contribution < 1.29 is 13.3 Å². The maximum absolute atomic E-state index is 14.3. The molecule has 0 spiro atoms. The van der Waals surface area contributed by atoms with Crippen LogP contribution in [0.4, 0.5) is 14.6 Å². The van der Waals surface area contributed by atoms with Crippen LogP contribution in [0, 0.1) is 11.6 Å². The van der Waals surface area contributed by atoms with Crippen LogP contribution in [-0.4, -0.2) is 33.2 Å². The van der Waals surface area contributed by atoms with Gasteiger partial charge in [-0.2, -0.15) is 4.98 Å². The molecule has 1 aliphatic rings. The lowest BCUT2D eigenvalue weighted by Crippen LogP contribution is -2.31. The Bertz CT molecular complexity index is 1220. The second-order valence-corrected chi connectivity index (χ2v) is 8.16. The molecule has 0 aliphatic carbocycles. The highest BCUT2D eigenvalue weighted by atomic mass is 19.1. The van der Waals surface area contributed by atoms with Gasteiger partial charge in [-0.15, -0.1) is 0 Å². The van der Waals surface area contributed by atoms with E-state index >= 15 is 0 Å². The number of nitrogens with zero attached hydrogens (tertiary/aromatic N) is 5. The van der Waals surface area contributed by atoms with Gasteiger partial charge < -0.3 is 9.42 Å². The highest BCUT2D eigenvalue weighted by molar-refractivity contribution is 5.54. The number of hydrogen-bond donors (Lipinski definition) is 0. The van der Waals surface area contributed by atoms with Crippen molar-refractivity contribution >= 4 is 5.82 Å². The third kappa shape index (κ3) is 4.60. The van der Waals surface area contributed by atoms with E-state index in [4.69, 9.17) is 4.52 Å². The molecule has 1 atom stereocenters. The van der Waals surface area contributed by atoms with Gasteiger partial charge in [0.15, 0.2) is 5.82 Å². The third-order valence-corrected chi connectivity index (χ3v) is 5.95. The number of piperidine rings is 1. The lowest BCUT2D eigenvalue weighted by molar-refractivity contribution is 0.416. The van der Waals surface area contributed by atoms with Gasteiger partial charge in [0.25, 0.3) is 5.89 Å². The average Bonchev–Trinajstić information content (AvgIpc) is 3.35. The molecular formula is C25H23F2N5O. The summed E-state index contributed by atoms with van der Waals surface area (Å²) < 4.78 is 33.3. The largest absolute Gasteiger partial charge is 0.356 e. The first kappa shape index (κ1) is 21.2. The van der Waals surface area contributed by atoms with E-state index in [1.165, 1.54) is 6.42 Å². The van der Waals surface area contributed by atoms with Crippen LogP contribution in [0.15, 0.2) is 65.6 Å². The molecule has 1 unspecified atom stereocenters. The Morgan fingerprint density at radius 1 is 1.00 bits per heavy atom. The van der Waals surface area contributed by atoms with Crippen LogP contribution in [-0.2, 0) is 6.42 Å². The number of anilines is 1. The van der Waals surface area contributed by atoms with Gasteiger partial charge in [0, 0.05) is 31.7 Å². The minimum atomic E-state index is -0.621. The molecule has 0 amide bonds. The molecule has 0 radical (unpaired) electrons. The first-order valence-corrected chi connectivity index (χ1v) is 11.1. The van der Waals surface area contributed by atoms with E-state index in [-0.39, 0.29) is 17.4 Å². The van der Waals surface area contributed by atoms with Gasteiger partial charge in [0.2, 0.25) is 0 Å². The normalized spacial score (nSPS) is 14.9. The number of halogens is 2. The lowest BCUT2D eigenvalue weighted by atomic mass is 9.92. The van der Waals surface area contributed by atoms with Gasteiger partial charge in [0.1, 0.15) is 17.5 Å². The fraction of sp³-hybridized carbons (Fsp3) is 0.280. The smallest absolute Gasteiger partial charge is 0.261 e. The Balaban J connectivity index is 1.52. The summed E-state index contributed by atoms with van der Waals surface area (Å²) >= 11 is 0. The van der Waals surface area contributed by atoms with Crippen molar-refractivity contribution in [1.82, 2.24) is 20.1 Å². The zero-order chi connectivity index (χ0) is 22.6. The first-order chi connectivity index (χ1) is 16.2. The van der Waals surface area contributed by atoms with Crippen LogP contribution in [0.25, 0.3) is 11.5 Å². The molecule has 33 heavy (non-hydrogen) atoms. The Morgan fingerprint density at radius 2 is 1.85 bits per heavy atom. The molecule has 1 fully saturated rings. The fourth-order valence-electron chi connectivity index (χ4n) is 4.29. The summed E-state index contributed by atoms with van der Waals surface area (Å²) in [5, 5.41) is 4.14. The quantitative estimate of drug-likeness (QED) is 0.406. The zero-order valence-electron chi connectivity index (χ0n) is 18.0. The molecule has 4 aromatic rings. The Labute approximate surface area is 190 Å². The highest BCUT2D eigenvalue weighted by Crippen LogP contribution is 2.32. The first-order valence-electron chi connectivity index (χ1n) is 11.1. The zero-order valence-corrected chi connectivity index (χ0v) is 18.0. The summed E-state index contributed by atoms with van der Waals surface area (Å²) in [6.07, 6.45) is 9.37. The Kier molecular flexibility index (Phi) is 6.06. The molecular weight excluding hydrogens is 424 g/mol. The van der Waals surface area contributed by atoms with E-state index in [1.807, 2.05) is 24.4 Å². The molecule has 0 N–H and O–H groups in total.